The van der Waals surface area contributed by atoms with Crippen LogP contribution in [0.2, 0.25) is 0 Å². The normalized spacial score (nSPS) is 22.5. The van der Waals surface area contributed by atoms with Gasteiger partial charge in [-0.25, -0.2) is 0 Å². The van der Waals surface area contributed by atoms with E-state index in [2.05, 4.69) is 23.9 Å². The molecule has 1 amide bonds. The zero-order valence-corrected chi connectivity index (χ0v) is 15.1. The molecule has 0 radical (unpaired) electrons. The van der Waals surface area contributed by atoms with Gasteiger partial charge in [0, 0.05) is 32.2 Å². The number of carbonyl (C=O) groups is 1. The number of rotatable bonds is 4. The summed E-state index contributed by atoms with van der Waals surface area (Å²) in [4.78, 5) is 17.7. The SMILES string of the molecule is CC(C)[C@@H]1CN(C(=O)c2onc3ccccc23)CCCN1CC1CC1. The monoisotopic (exact) mass is 341 g/mol. The molecule has 1 saturated heterocycles. The van der Waals surface area contributed by atoms with Gasteiger partial charge >= 0.3 is 0 Å². The molecule has 1 aromatic carbocycles. The Morgan fingerprint density at radius 1 is 1.28 bits per heavy atom. The lowest BCUT2D eigenvalue weighted by atomic mass is 10.0. The molecule has 2 fully saturated rings. The quantitative estimate of drug-likeness (QED) is 0.855. The molecule has 1 atom stereocenters. The van der Waals surface area contributed by atoms with Crippen molar-refractivity contribution >= 4 is 16.8 Å². The molecule has 0 bridgehead atoms. The van der Waals surface area contributed by atoms with E-state index in [0.717, 1.165) is 42.9 Å². The first kappa shape index (κ1) is 16.6. The van der Waals surface area contributed by atoms with Crippen LogP contribution in [-0.2, 0) is 0 Å². The first-order valence-corrected chi connectivity index (χ1v) is 9.51. The minimum Gasteiger partial charge on any atom is -0.350 e. The van der Waals surface area contributed by atoms with Crippen LogP contribution in [0.25, 0.3) is 10.9 Å². The summed E-state index contributed by atoms with van der Waals surface area (Å²) in [5.41, 5.74) is 0.747. The Morgan fingerprint density at radius 3 is 2.84 bits per heavy atom. The lowest BCUT2D eigenvalue weighted by molar-refractivity contribution is 0.0667. The van der Waals surface area contributed by atoms with E-state index in [1.807, 2.05) is 29.2 Å². The van der Waals surface area contributed by atoms with Gasteiger partial charge in [0.2, 0.25) is 5.76 Å². The largest absolute Gasteiger partial charge is 0.350 e. The summed E-state index contributed by atoms with van der Waals surface area (Å²) in [5.74, 6) is 1.77. The van der Waals surface area contributed by atoms with Crippen LogP contribution in [0.1, 0.15) is 43.7 Å². The van der Waals surface area contributed by atoms with Gasteiger partial charge in [0.15, 0.2) is 0 Å². The topological polar surface area (TPSA) is 49.6 Å². The highest BCUT2D eigenvalue weighted by molar-refractivity contribution is 6.03. The zero-order valence-electron chi connectivity index (χ0n) is 15.1. The molecule has 1 aromatic heterocycles. The molecule has 1 aliphatic heterocycles. The van der Waals surface area contributed by atoms with E-state index in [0.29, 0.717) is 17.7 Å². The van der Waals surface area contributed by atoms with Gasteiger partial charge in [-0.05, 0) is 43.2 Å². The van der Waals surface area contributed by atoms with Crippen molar-refractivity contribution in [3.8, 4) is 0 Å². The van der Waals surface area contributed by atoms with Crippen molar-refractivity contribution in [2.45, 2.75) is 39.2 Å². The van der Waals surface area contributed by atoms with E-state index in [-0.39, 0.29) is 5.91 Å². The Kier molecular flexibility index (Phi) is 4.50. The molecule has 5 nitrogen and oxygen atoms in total. The number of aromatic nitrogens is 1. The Bertz CT molecular complexity index is 750. The van der Waals surface area contributed by atoms with Crippen molar-refractivity contribution in [2.75, 3.05) is 26.2 Å². The molecule has 0 spiro atoms. The third-order valence-corrected chi connectivity index (χ3v) is 5.57. The maximum Gasteiger partial charge on any atom is 0.293 e. The lowest BCUT2D eigenvalue weighted by Crippen LogP contribution is -2.46. The van der Waals surface area contributed by atoms with Crippen LogP contribution < -0.4 is 0 Å². The van der Waals surface area contributed by atoms with Gasteiger partial charge in [-0.1, -0.05) is 31.1 Å². The predicted molar refractivity (Wildman–Crippen MR) is 97.5 cm³/mol. The number of nitrogens with zero attached hydrogens (tertiary/aromatic N) is 3. The highest BCUT2D eigenvalue weighted by atomic mass is 16.5. The van der Waals surface area contributed by atoms with Crippen molar-refractivity contribution in [3.63, 3.8) is 0 Å². The molecule has 25 heavy (non-hydrogen) atoms. The highest BCUT2D eigenvalue weighted by Crippen LogP contribution is 2.32. The van der Waals surface area contributed by atoms with Crippen LogP contribution in [0, 0.1) is 11.8 Å². The van der Waals surface area contributed by atoms with Crippen molar-refractivity contribution in [1.29, 1.82) is 0 Å². The van der Waals surface area contributed by atoms with Gasteiger partial charge in [-0.3, -0.25) is 9.69 Å². The van der Waals surface area contributed by atoms with Gasteiger partial charge in [0.05, 0.1) is 5.39 Å². The highest BCUT2D eigenvalue weighted by Gasteiger charge is 2.34. The van der Waals surface area contributed by atoms with E-state index < -0.39 is 0 Å². The minimum absolute atomic E-state index is 0.0207. The molecule has 0 unspecified atom stereocenters. The molecule has 2 aliphatic rings. The number of carbonyl (C=O) groups excluding carboxylic acids is 1. The fourth-order valence-electron chi connectivity index (χ4n) is 3.93. The summed E-state index contributed by atoms with van der Waals surface area (Å²) in [7, 11) is 0. The third-order valence-electron chi connectivity index (χ3n) is 5.57. The maximum atomic E-state index is 13.1. The fourth-order valence-corrected chi connectivity index (χ4v) is 3.93. The van der Waals surface area contributed by atoms with Crippen molar-refractivity contribution < 1.29 is 9.32 Å². The number of amides is 1. The Morgan fingerprint density at radius 2 is 2.08 bits per heavy atom. The van der Waals surface area contributed by atoms with E-state index in [9.17, 15) is 4.79 Å². The summed E-state index contributed by atoms with van der Waals surface area (Å²) in [6.45, 7) is 8.37. The second-order valence-electron chi connectivity index (χ2n) is 7.88. The first-order valence-electron chi connectivity index (χ1n) is 9.51. The molecular weight excluding hydrogens is 314 g/mol. The van der Waals surface area contributed by atoms with Gasteiger partial charge in [0.1, 0.15) is 5.52 Å². The van der Waals surface area contributed by atoms with E-state index in [4.69, 9.17) is 4.52 Å². The Hall–Kier alpha value is -1.88. The van der Waals surface area contributed by atoms with Gasteiger partial charge in [-0.2, -0.15) is 0 Å². The standard InChI is InChI=1S/C20H27N3O2/c1-14(2)18-13-23(11-5-10-22(18)12-15-8-9-15)20(24)19-16-6-3-4-7-17(16)21-25-19/h3-4,6-7,14-15,18H,5,8-13H2,1-2H3/t18-/m0/s1. The van der Waals surface area contributed by atoms with E-state index >= 15 is 0 Å². The predicted octanol–water partition coefficient (Wildman–Crippen LogP) is 3.41. The maximum absolute atomic E-state index is 13.1. The molecule has 1 aliphatic carbocycles. The molecule has 134 valence electrons. The fraction of sp³-hybridized carbons (Fsp3) is 0.600. The molecule has 2 aromatic rings. The van der Waals surface area contributed by atoms with Gasteiger partial charge in [0.25, 0.3) is 5.91 Å². The molecule has 1 saturated carbocycles. The molecule has 5 heteroatoms. The molecule has 4 rings (SSSR count). The molecule has 2 heterocycles. The second kappa shape index (κ2) is 6.79. The number of hydrogen-bond donors (Lipinski definition) is 0. The minimum atomic E-state index is -0.0207. The van der Waals surface area contributed by atoms with E-state index in [1.165, 1.54) is 19.4 Å². The molecule has 0 N–H and O–H groups in total. The van der Waals surface area contributed by atoms with Crippen LogP contribution in [0.15, 0.2) is 28.8 Å². The number of benzene rings is 1. The first-order chi connectivity index (χ1) is 12.1. The lowest BCUT2D eigenvalue weighted by Gasteiger charge is -2.34. The summed E-state index contributed by atoms with van der Waals surface area (Å²) < 4.78 is 5.41. The summed E-state index contributed by atoms with van der Waals surface area (Å²) in [6.07, 6.45) is 3.76. The van der Waals surface area contributed by atoms with Crippen LogP contribution in [0.4, 0.5) is 0 Å². The number of fused-ring (bicyclic) bond motifs is 1. The van der Waals surface area contributed by atoms with Crippen molar-refractivity contribution in [3.05, 3.63) is 30.0 Å². The third kappa shape index (κ3) is 3.43. The van der Waals surface area contributed by atoms with Crippen LogP contribution in [-0.4, -0.2) is 53.1 Å². The van der Waals surface area contributed by atoms with Crippen LogP contribution in [0.3, 0.4) is 0 Å². The molecular formula is C20H27N3O2. The average Bonchev–Trinajstić information content (AvgIpc) is 3.36. The van der Waals surface area contributed by atoms with Gasteiger partial charge in [-0.15, -0.1) is 0 Å². The van der Waals surface area contributed by atoms with Crippen LogP contribution in [0.5, 0.6) is 0 Å². The van der Waals surface area contributed by atoms with Crippen molar-refractivity contribution in [2.24, 2.45) is 11.8 Å². The average molecular weight is 341 g/mol. The summed E-state index contributed by atoms with van der Waals surface area (Å²) >= 11 is 0. The zero-order chi connectivity index (χ0) is 17.4. The smallest absolute Gasteiger partial charge is 0.293 e. The summed E-state index contributed by atoms with van der Waals surface area (Å²) in [5, 5.41) is 4.85. The second-order valence-corrected chi connectivity index (χ2v) is 7.88. The van der Waals surface area contributed by atoms with E-state index in [1.54, 1.807) is 0 Å². The van der Waals surface area contributed by atoms with Crippen LogP contribution >= 0.6 is 0 Å². The Balaban J connectivity index is 1.55. The van der Waals surface area contributed by atoms with Crippen molar-refractivity contribution in [1.82, 2.24) is 15.0 Å². The Labute approximate surface area is 148 Å². The summed E-state index contributed by atoms with van der Waals surface area (Å²) in [6, 6.07) is 8.05. The number of hydrogen-bond acceptors (Lipinski definition) is 4. The van der Waals surface area contributed by atoms with Gasteiger partial charge < -0.3 is 9.42 Å².